The van der Waals surface area contributed by atoms with Crippen molar-refractivity contribution in [3.8, 4) is 0 Å². The highest BCUT2D eigenvalue weighted by Crippen LogP contribution is 2.13. The molecule has 1 rings (SSSR count). The molecule has 0 radical (unpaired) electrons. The van der Waals surface area contributed by atoms with Crippen molar-refractivity contribution < 1.29 is 4.21 Å². The Labute approximate surface area is 77.6 Å². The summed E-state index contributed by atoms with van der Waals surface area (Å²) < 4.78 is 11.7. The zero-order valence-corrected chi connectivity index (χ0v) is 8.99. The minimum absolute atomic E-state index is 0.356. The van der Waals surface area contributed by atoms with Crippen LogP contribution < -0.4 is 5.32 Å². The Morgan fingerprint density at radius 2 is 2.17 bits per heavy atom. The molecule has 1 heterocycles. The maximum atomic E-state index is 11.7. The highest BCUT2D eigenvalue weighted by molar-refractivity contribution is 7.85. The molecule has 3 unspecified atom stereocenters. The van der Waals surface area contributed by atoms with Crippen molar-refractivity contribution >= 4 is 10.8 Å². The summed E-state index contributed by atoms with van der Waals surface area (Å²) in [5.41, 5.74) is 0. The van der Waals surface area contributed by atoms with Crippen LogP contribution in [0.25, 0.3) is 0 Å². The Morgan fingerprint density at radius 1 is 1.50 bits per heavy atom. The van der Waals surface area contributed by atoms with Gasteiger partial charge in [0.15, 0.2) is 0 Å². The van der Waals surface area contributed by atoms with Crippen LogP contribution in [0.15, 0.2) is 0 Å². The van der Waals surface area contributed by atoms with Crippen molar-refractivity contribution in [1.29, 1.82) is 0 Å². The Balaban J connectivity index is 2.56. The van der Waals surface area contributed by atoms with Crippen LogP contribution >= 0.6 is 0 Å². The molecule has 0 spiro atoms. The third kappa shape index (κ3) is 2.56. The van der Waals surface area contributed by atoms with Crippen LogP contribution in [-0.4, -0.2) is 27.8 Å². The van der Waals surface area contributed by atoms with E-state index in [1.165, 1.54) is 0 Å². The van der Waals surface area contributed by atoms with Crippen LogP contribution in [0, 0.1) is 5.92 Å². The van der Waals surface area contributed by atoms with E-state index in [2.05, 4.69) is 26.1 Å². The van der Waals surface area contributed by atoms with Gasteiger partial charge in [0.05, 0.1) is 0 Å². The van der Waals surface area contributed by atoms with Gasteiger partial charge in [-0.05, 0) is 19.3 Å². The van der Waals surface area contributed by atoms with E-state index < -0.39 is 10.8 Å². The number of hydrogen-bond donors (Lipinski definition) is 1. The molecule has 0 aliphatic carbocycles. The molecular weight excluding hydrogens is 170 g/mol. The summed E-state index contributed by atoms with van der Waals surface area (Å²) in [4.78, 5) is 0. The Morgan fingerprint density at radius 3 is 2.75 bits per heavy atom. The van der Waals surface area contributed by atoms with Crippen LogP contribution in [0.3, 0.4) is 0 Å². The summed E-state index contributed by atoms with van der Waals surface area (Å²) >= 11 is 0. The first kappa shape index (κ1) is 10.2. The van der Waals surface area contributed by atoms with Crippen LogP contribution in [0.5, 0.6) is 0 Å². The molecule has 72 valence electrons. The maximum absolute atomic E-state index is 11.7. The van der Waals surface area contributed by atoms with E-state index in [1.807, 2.05) is 0 Å². The molecular formula is C9H19NOS. The van der Waals surface area contributed by atoms with E-state index in [0.29, 0.717) is 17.2 Å². The Bertz CT molecular complexity index is 170. The summed E-state index contributed by atoms with van der Waals surface area (Å²) in [7, 11) is -0.609. The van der Waals surface area contributed by atoms with Gasteiger partial charge in [-0.25, -0.2) is 0 Å². The van der Waals surface area contributed by atoms with Gasteiger partial charge in [0, 0.05) is 34.4 Å². The second-order valence-electron chi connectivity index (χ2n) is 3.97. The van der Waals surface area contributed by atoms with Crippen molar-refractivity contribution in [1.82, 2.24) is 5.32 Å². The average Bonchev–Trinajstić information content (AvgIpc) is 2.14. The van der Waals surface area contributed by atoms with Crippen molar-refractivity contribution in [3.63, 3.8) is 0 Å². The van der Waals surface area contributed by atoms with Gasteiger partial charge >= 0.3 is 0 Å². The lowest BCUT2D eigenvalue weighted by Gasteiger charge is -2.17. The molecule has 0 saturated carbocycles. The van der Waals surface area contributed by atoms with Crippen molar-refractivity contribution in [2.75, 3.05) is 12.3 Å². The second kappa shape index (κ2) is 4.38. The van der Waals surface area contributed by atoms with Gasteiger partial charge in [-0.2, -0.15) is 0 Å². The van der Waals surface area contributed by atoms with Gasteiger partial charge in [0.2, 0.25) is 0 Å². The fourth-order valence-corrected chi connectivity index (χ4v) is 3.27. The molecule has 3 heteroatoms. The first-order valence-corrected chi connectivity index (χ1v) is 6.10. The van der Waals surface area contributed by atoms with E-state index >= 15 is 0 Å². The predicted octanol–water partition coefficient (Wildman–Crippen LogP) is 1.14. The first-order chi connectivity index (χ1) is 5.61. The van der Waals surface area contributed by atoms with E-state index in [-0.39, 0.29) is 0 Å². The molecule has 0 amide bonds. The van der Waals surface area contributed by atoms with Gasteiger partial charge in [-0.1, -0.05) is 13.8 Å². The lowest BCUT2D eigenvalue weighted by Crippen LogP contribution is -2.34. The largest absolute Gasteiger partial charge is 0.313 e. The van der Waals surface area contributed by atoms with Gasteiger partial charge in [0.1, 0.15) is 0 Å². The lowest BCUT2D eigenvalue weighted by atomic mass is 10.1. The molecule has 0 aromatic rings. The summed E-state index contributed by atoms with van der Waals surface area (Å²) in [6.07, 6.45) is 1.05. The van der Waals surface area contributed by atoms with Crippen LogP contribution in [0.4, 0.5) is 0 Å². The number of rotatable bonds is 1. The summed E-state index contributed by atoms with van der Waals surface area (Å²) in [5.74, 6) is 1.40. The zero-order chi connectivity index (χ0) is 9.14. The van der Waals surface area contributed by atoms with Crippen molar-refractivity contribution in [2.45, 2.75) is 38.5 Å². The molecule has 1 N–H and O–H groups in total. The van der Waals surface area contributed by atoms with Crippen LogP contribution in [0.1, 0.15) is 27.2 Å². The van der Waals surface area contributed by atoms with Crippen LogP contribution in [0.2, 0.25) is 0 Å². The van der Waals surface area contributed by atoms with E-state index in [1.54, 1.807) is 0 Å². The molecule has 0 aromatic heterocycles. The molecule has 1 aliphatic rings. The third-order valence-electron chi connectivity index (χ3n) is 2.50. The first-order valence-electron chi connectivity index (χ1n) is 4.72. The molecule has 1 saturated heterocycles. The van der Waals surface area contributed by atoms with Gasteiger partial charge in [0.25, 0.3) is 0 Å². The van der Waals surface area contributed by atoms with E-state index in [9.17, 15) is 4.21 Å². The standard InChI is InChI=1S/C9H19NOS/c1-7(2)9-6-10-8(3)4-5-12(9)11/h7-10H,4-6H2,1-3H3. The smallest absolute Gasteiger partial charge is 0.0495 e. The highest BCUT2D eigenvalue weighted by atomic mass is 32.2. The summed E-state index contributed by atoms with van der Waals surface area (Å²) in [6.45, 7) is 7.39. The van der Waals surface area contributed by atoms with Crippen LogP contribution in [-0.2, 0) is 10.8 Å². The molecule has 0 aromatic carbocycles. The van der Waals surface area contributed by atoms with Gasteiger partial charge in [-0.3, -0.25) is 4.21 Å². The number of hydrogen-bond acceptors (Lipinski definition) is 2. The maximum Gasteiger partial charge on any atom is 0.0495 e. The minimum Gasteiger partial charge on any atom is -0.313 e. The zero-order valence-electron chi connectivity index (χ0n) is 8.17. The lowest BCUT2D eigenvalue weighted by molar-refractivity contribution is 0.500. The Kier molecular flexibility index (Phi) is 3.72. The fraction of sp³-hybridized carbons (Fsp3) is 1.00. The summed E-state index contributed by atoms with van der Waals surface area (Å²) in [5, 5.41) is 3.77. The average molecular weight is 189 g/mol. The normalized spacial score (nSPS) is 38.2. The van der Waals surface area contributed by atoms with E-state index in [4.69, 9.17) is 0 Å². The summed E-state index contributed by atoms with van der Waals surface area (Å²) in [6, 6.07) is 0.540. The third-order valence-corrected chi connectivity index (χ3v) is 4.53. The fourth-order valence-electron chi connectivity index (χ4n) is 1.50. The van der Waals surface area contributed by atoms with E-state index in [0.717, 1.165) is 18.7 Å². The van der Waals surface area contributed by atoms with Gasteiger partial charge < -0.3 is 5.32 Å². The second-order valence-corrected chi connectivity index (χ2v) is 5.74. The predicted molar refractivity (Wildman–Crippen MR) is 53.7 cm³/mol. The van der Waals surface area contributed by atoms with Crippen molar-refractivity contribution in [3.05, 3.63) is 0 Å². The molecule has 12 heavy (non-hydrogen) atoms. The quantitative estimate of drug-likeness (QED) is 0.670. The molecule has 2 nitrogen and oxygen atoms in total. The molecule has 0 bridgehead atoms. The Hall–Kier alpha value is 0.110. The monoisotopic (exact) mass is 189 g/mol. The topological polar surface area (TPSA) is 29.1 Å². The van der Waals surface area contributed by atoms with Gasteiger partial charge in [-0.15, -0.1) is 0 Å². The molecule has 3 atom stereocenters. The molecule has 1 aliphatic heterocycles. The number of nitrogens with one attached hydrogen (secondary N) is 1. The minimum atomic E-state index is -0.609. The highest BCUT2D eigenvalue weighted by Gasteiger charge is 2.24. The van der Waals surface area contributed by atoms with Crippen molar-refractivity contribution in [2.24, 2.45) is 5.92 Å². The SMILES string of the molecule is CC1CCS(=O)C(C(C)C)CN1. The molecule has 1 fully saturated rings.